The molecular weight excluding hydrogens is 288 g/mol. The van der Waals surface area contributed by atoms with Gasteiger partial charge >= 0.3 is 0 Å². The fourth-order valence-electron chi connectivity index (χ4n) is 2.77. The van der Waals surface area contributed by atoms with E-state index in [2.05, 4.69) is 16.3 Å². The molecule has 3 rings (SSSR count). The standard InChI is InChI=1S/C15H22N2O3S/c18-21(19)11-15(12-21)20-14-3-1-2-13(10-14)4-7-17-8-5-16-6-9-17/h1-3,10,15-16H,4-9,11-12H2. The van der Waals surface area contributed by atoms with Gasteiger partial charge in [-0.25, -0.2) is 8.42 Å². The maximum atomic E-state index is 11.1. The van der Waals surface area contributed by atoms with E-state index in [0.717, 1.165) is 44.9 Å². The maximum absolute atomic E-state index is 11.1. The minimum absolute atomic E-state index is 0.151. The average molecular weight is 310 g/mol. The van der Waals surface area contributed by atoms with Gasteiger partial charge in [-0.05, 0) is 24.1 Å². The van der Waals surface area contributed by atoms with Crippen molar-refractivity contribution >= 4 is 9.84 Å². The highest BCUT2D eigenvalue weighted by Gasteiger charge is 2.35. The lowest BCUT2D eigenvalue weighted by atomic mass is 10.1. The van der Waals surface area contributed by atoms with Gasteiger partial charge in [-0.15, -0.1) is 0 Å². The molecule has 0 amide bonds. The lowest BCUT2D eigenvalue weighted by Gasteiger charge is -2.27. The van der Waals surface area contributed by atoms with Gasteiger partial charge in [0.15, 0.2) is 9.84 Å². The van der Waals surface area contributed by atoms with Gasteiger partial charge in [-0.2, -0.15) is 0 Å². The van der Waals surface area contributed by atoms with Crippen LogP contribution in [0.3, 0.4) is 0 Å². The van der Waals surface area contributed by atoms with Crippen molar-refractivity contribution in [1.82, 2.24) is 10.2 Å². The van der Waals surface area contributed by atoms with Crippen LogP contribution in [0.5, 0.6) is 5.75 Å². The Morgan fingerprint density at radius 2 is 2.00 bits per heavy atom. The van der Waals surface area contributed by atoms with Crippen molar-refractivity contribution in [3.63, 3.8) is 0 Å². The molecule has 6 heteroatoms. The summed E-state index contributed by atoms with van der Waals surface area (Å²) in [6.45, 7) is 5.41. The zero-order chi connectivity index (χ0) is 14.7. The van der Waals surface area contributed by atoms with Crippen molar-refractivity contribution in [1.29, 1.82) is 0 Å². The summed E-state index contributed by atoms with van der Waals surface area (Å²) in [5.41, 5.74) is 1.24. The number of nitrogens with zero attached hydrogens (tertiary/aromatic N) is 1. The molecule has 0 saturated carbocycles. The highest BCUT2D eigenvalue weighted by atomic mass is 32.2. The molecule has 1 N–H and O–H groups in total. The molecule has 2 heterocycles. The zero-order valence-corrected chi connectivity index (χ0v) is 12.9. The van der Waals surface area contributed by atoms with Crippen molar-refractivity contribution in [2.75, 3.05) is 44.2 Å². The molecule has 2 saturated heterocycles. The van der Waals surface area contributed by atoms with Crippen LogP contribution in [0.25, 0.3) is 0 Å². The van der Waals surface area contributed by atoms with Crippen LogP contribution in [-0.2, 0) is 16.3 Å². The Morgan fingerprint density at radius 1 is 1.24 bits per heavy atom. The van der Waals surface area contributed by atoms with Gasteiger partial charge in [0.25, 0.3) is 0 Å². The fraction of sp³-hybridized carbons (Fsp3) is 0.600. The Labute approximate surface area is 126 Å². The number of nitrogens with one attached hydrogen (secondary N) is 1. The first kappa shape index (κ1) is 14.8. The molecule has 0 aliphatic carbocycles. The normalized spacial score (nSPS) is 22.7. The van der Waals surface area contributed by atoms with E-state index in [-0.39, 0.29) is 17.6 Å². The molecule has 116 valence electrons. The smallest absolute Gasteiger partial charge is 0.157 e. The minimum Gasteiger partial charge on any atom is -0.488 e. The molecule has 0 atom stereocenters. The predicted octanol–water partition coefficient (Wildman–Crippen LogP) is 0.310. The summed E-state index contributed by atoms with van der Waals surface area (Å²) in [5.74, 6) is 1.09. The molecule has 1 aromatic carbocycles. The van der Waals surface area contributed by atoms with Gasteiger partial charge < -0.3 is 15.0 Å². The highest BCUT2D eigenvalue weighted by Crippen LogP contribution is 2.21. The molecule has 2 fully saturated rings. The van der Waals surface area contributed by atoms with E-state index in [1.165, 1.54) is 5.56 Å². The number of sulfone groups is 1. The largest absolute Gasteiger partial charge is 0.488 e. The van der Waals surface area contributed by atoms with Crippen LogP contribution in [0.15, 0.2) is 24.3 Å². The van der Waals surface area contributed by atoms with E-state index in [1.54, 1.807) is 0 Å². The van der Waals surface area contributed by atoms with E-state index in [9.17, 15) is 8.42 Å². The van der Waals surface area contributed by atoms with E-state index in [0.29, 0.717) is 0 Å². The minimum atomic E-state index is -2.82. The molecule has 0 unspecified atom stereocenters. The quantitative estimate of drug-likeness (QED) is 0.848. The first-order chi connectivity index (χ1) is 10.1. The third-order valence-corrected chi connectivity index (χ3v) is 5.77. The van der Waals surface area contributed by atoms with Crippen LogP contribution < -0.4 is 10.1 Å². The molecule has 0 radical (unpaired) electrons. The van der Waals surface area contributed by atoms with E-state index in [1.807, 2.05) is 18.2 Å². The van der Waals surface area contributed by atoms with E-state index >= 15 is 0 Å². The summed E-state index contributed by atoms with van der Waals surface area (Å²) in [4.78, 5) is 2.46. The summed E-state index contributed by atoms with van der Waals surface area (Å²) in [5, 5.41) is 3.35. The van der Waals surface area contributed by atoms with Crippen molar-refractivity contribution in [3.8, 4) is 5.75 Å². The van der Waals surface area contributed by atoms with Crippen LogP contribution in [0.4, 0.5) is 0 Å². The monoisotopic (exact) mass is 310 g/mol. The summed E-state index contributed by atoms with van der Waals surface area (Å²) in [6, 6.07) is 8.02. The van der Waals surface area contributed by atoms with Crippen molar-refractivity contribution in [3.05, 3.63) is 29.8 Å². The molecule has 0 bridgehead atoms. The lowest BCUT2D eigenvalue weighted by Crippen LogP contribution is -2.45. The number of benzene rings is 1. The van der Waals surface area contributed by atoms with Crippen LogP contribution in [-0.4, -0.2) is 63.7 Å². The van der Waals surface area contributed by atoms with Gasteiger partial charge in [0.1, 0.15) is 11.9 Å². The summed E-state index contributed by atoms with van der Waals surface area (Å²) >= 11 is 0. The van der Waals surface area contributed by atoms with Crippen molar-refractivity contribution in [2.45, 2.75) is 12.5 Å². The Kier molecular flexibility index (Phi) is 4.47. The van der Waals surface area contributed by atoms with Crippen LogP contribution >= 0.6 is 0 Å². The van der Waals surface area contributed by atoms with Gasteiger partial charge in [0.2, 0.25) is 0 Å². The number of piperazine rings is 1. The third kappa shape index (κ3) is 4.18. The highest BCUT2D eigenvalue weighted by molar-refractivity contribution is 7.92. The van der Waals surface area contributed by atoms with E-state index < -0.39 is 9.84 Å². The van der Waals surface area contributed by atoms with Gasteiger partial charge in [-0.3, -0.25) is 0 Å². The number of rotatable bonds is 5. The molecule has 2 aliphatic heterocycles. The summed E-state index contributed by atoms with van der Waals surface area (Å²) in [6.07, 6.45) is 0.832. The Hall–Kier alpha value is -1.11. The van der Waals surface area contributed by atoms with Gasteiger partial charge in [0, 0.05) is 32.7 Å². The summed E-state index contributed by atoms with van der Waals surface area (Å²) < 4.78 is 28.0. The SMILES string of the molecule is O=S1(=O)CC(Oc2cccc(CCN3CCNCC3)c2)C1. The summed E-state index contributed by atoms with van der Waals surface area (Å²) in [7, 11) is -2.82. The Bertz CT molecular complexity index is 570. The number of ether oxygens (including phenoxy) is 1. The molecule has 21 heavy (non-hydrogen) atoms. The third-order valence-electron chi connectivity index (χ3n) is 4.01. The van der Waals surface area contributed by atoms with Crippen LogP contribution in [0.2, 0.25) is 0 Å². The Morgan fingerprint density at radius 3 is 2.71 bits per heavy atom. The second kappa shape index (κ2) is 6.34. The first-order valence-electron chi connectivity index (χ1n) is 7.50. The van der Waals surface area contributed by atoms with E-state index in [4.69, 9.17) is 4.74 Å². The molecule has 0 aromatic heterocycles. The van der Waals surface area contributed by atoms with Gasteiger partial charge in [0.05, 0.1) is 11.5 Å². The van der Waals surface area contributed by atoms with Crippen LogP contribution in [0, 0.1) is 0 Å². The second-order valence-electron chi connectivity index (χ2n) is 5.81. The molecule has 1 aromatic rings. The zero-order valence-electron chi connectivity index (χ0n) is 12.1. The average Bonchev–Trinajstić information content (AvgIpc) is 2.45. The predicted molar refractivity (Wildman–Crippen MR) is 82.5 cm³/mol. The Balaban J connectivity index is 1.51. The maximum Gasteiger partial charge on any atom is 0.157 e. The van der Waals surface area contributed by atoms with Crippen molar-refractivity contribution < 1.29 is 13.2 Å². The lowest BCUT2D eigenvalue weighted by molar-refractivity contribution is 0.229. The van der Waals surface area contributed by atoms with Crippen LogP contribution in [0.1, 0.15) is 5.56 Å². The molecule has 5 nitrogen and oxygen atoms in total. The fourth-order valence-corrected chi connectivity index (χ4v) is 3.95. The van der Waals surface area contributed by atoms with Gasteiger partial charge in [-0.1, -0.05) is 12.1 Å². The number of hydrogen-bond donors (Lipinski definition) is 1. The number of hydrogen-bond acceptors (Lipinski definition) is 5. The molecule has 0 spiro atoms. The topological polar surface area (TPSA) is 58.6 Å². The molecule has 2 aliphatic rings. The van der Waals surface area contributed by atoms with Crippen molar-refractivity contribution in [2.24, 2.45) is 0 Å². The second-order valence-corrected chi connectivity index (χ2v) is 7.96. The molecular formula is C15H22N2O3S. The first-order valence-corrected chi connectivity index (χ1v) is 9.32.